The minimum atomic E-state index is 0.105. The Balaban J connectivity index is 3.57. The summed E-state index contributed by atoms with van der Waals surface area (Å²) in [5, 5.41) is 21.1. The van der Waals surface area contributed by atoms with Crippen molar-refractivity contribution in [2.24, 2.45) is 10.9 Å². The normalized spacial score (nSPS) is 12.0. The van der Waals surface area contributed by atoms with Gasteiger partial charge in [-0.05, 0) is 38.7 Å². The van der Waals surface area contributed by atoms with E-state index in [1.54, 1.807) is 0 Å². The topological polar surface area (TPSA) is 87.6 Å². The fourth-order valence-electron chi connectivity index (χ4n) is 2.53. The lowest BCUT2D eigenvalue weighted by Gasteiger charge is -2.29. The second-order valence-corrected chi connectivity index (χ2v) is 5.30. The van der Waals surface area contributed by atoms with E-state index in [0.29, 0.717) is 11.4 Å². The van der Waals surface area contributed by atoms with Crippen molar-refractivity contribution in [3.8, 4) is 0 Å². The molecule has 6 heteroatoms. The fourth-order valence-corrected chi connectivity index (χ4v) is 2.53. The monoisotopic (exact) mass is 293 g/mol. The molecule has 0 atom stereocenters. The van der Waals surface area contributed by atoms with Gasteiger partial charge in [-0.3, -0.25) is 0 Å². The number of nitrogens with two attached hydrogens (primary N) is 1. The molecule has 21 heavy (non-hydrogen) atoms. The lowest BCUT2D eigenvalue weighted by atomic mass is 10.0. The van der Waals surface area contributed by atoms with Crippen LogP contribution in [0.5, 0.6) is 0 Å². The van der Waals surface area contributed by atoms with Gasteiger partial charge in [0.1, 0.15) is 0 Å². The van der Waals surface area contributed by atoms with Gasteiger partial charge in [-0.15, -0.1) is 5.10 Å². The molecule has 0 saturated carbocycles. The van der Waals surface area contributed by atoms with Gasteiger partial charge in [0.2, 0.25) is 0 Å². The number of nitrogens with zero attached hydrogens (tertiary/aromatic N) is 4. The van der Waals surface area contributed by atoms with Crippen molar-refractivity contribution in [1.82, 2.24) is 10.2 Å². The Morgan fingerprint density at radius 1 is 1.24 bits per heavy atom. The van der Waals surface area contributed by atoms with Crippen LogP contribution in [0, 0.1) is 0 Å². The molecule has 0 aliphatic rings. The van der Waals surface area contributed by atoms with Crippen LogP contribution in [0.3, 0.4) is 0 Å². The highest BCUT2D eigenvalue weighted by Crippen LogP contribution is 2.25. The van der Waals surface area contributed by atoms with Crippen molar-refractivity contribution in [3.05, 3.63) is 16.8 Å². The molecule has 0 aliphatic heterocycles. The first-order chi connectivity index (χ1) is 10.0. The summed E-state index contributed by atoms with van der Waals surface area (Å²) in [4.78, 5) is 2.15. The number of anilines is 1. The molecule has 0 saturated heterocycles. The first-order valence-electron chi connectivity index (χ1n) is 7.64. The van der Waals surface area contributed by atoms with Crippen molar-refractivity contribution in [2.45, 2.75) is 59.9 Å². The number of aryl methyl sites for hydroxylation is 1. The maximum absolute atomic E-state index is 9.14. The van der Waals surface area contributed by atoms with E-state index in [4.69, 9.17) is 10.9 Å². The second-order valence-electron chi connectivity index (χ2n) is 5.30. The number of aromatic nitrogens is 2. The molecule has 0 aliphatic carbocycles. The Hall–Kier alpha value is -1.85. The molecular weight excluding hydrogens is 266 g/mol. The molecule has 3 N–H and O–H groups in total. The van der Waals surface area contributed by atoms with Crippen LogP contribution in [0.4, 0.5) is 5.82 Å². The third-order valence-electron chi connectivity index (χ3n) is 3.55. The quantitative estimate of drug-likeness (QED) is 0.348. The van der Waals surface area contributed by atoms with E-state index in [-0.39, 0.29) is 11.9 Å². The van der Waals surface area contributed by atoms with Gasteiger partial charge in [-0.25, -0.2) is 0 Å². The van der Waals surface area contributed by atoms with Gasteiger partial charge in [-0.2, -0.15) is 5.10 Å². The molecule has 1 aromatic heterocycles. The number of rotatable bonds is 7. The van der Waals surface area contributed by atoms with Crippen molar-refractivity contribution >= 4 is 11.7 Å². The van der Waals surface area contributed by atoms with Crippen LogP contribution >= 0.6 is 0 Å². The first-order valence-corrected chi connectivity index (χ1v) is 7.64. The molecule has 0 bridgehead atoms. The zero-order valence-electron chi connectivity index (χ0n) is 13.7. The lowest BCUT2D eigenvalue weighted by molar-refractivity contribution is 0.318. The van der Waals surface area contributed by atoms with Crippen LogP contribution in [0.2, 0.25) is 0 Å². The summed E-state index contributed by atoms with van der Waals surface area (Å²) in [5.41, 5.74) is 8.57. The SMILES string of the molecule is CCCN(c1nnc(CC)c(CC)c1C(N)=NO)C(C)C. The lowest BCUT2D eigenvalue weighted by Crippen LogP contribution is -2.35. The second kappa shape index (κ2) is 7.81. The predicted octanol–water partition coefficient (Wildman–Crippen LogP) is 2.32. The largest absolute Gasteiger partial charge is 0.409 e. The molecule has 0 fully saturated rings. The van der Waals surface area contributed by atoms with Crippen LogP contribution in [0.1, 0.15) is 57.9 Å². The molecule has 1 heterocycles. The Kier molecular flexibility index (Phi) is 6.39. The maximum Gasteiger partial charge on any atom is 0.174 e. The molecule has 0 amide bonds. The van der Waals surface area contributed by atoms with E-state index in [9.17, 15) is 0 Å². The van der Waals surface area contributed by atoms with Crippen molar-refractivity contribution in [2.75, 3.05) is 11.4 Å². The van der Waals surface area contributed by atoms with Crippen molar-refractivity contribution in [3.63, 3.8) is 0 Å². The number of amidine groups is 1. The summed E-state index contributed by atoms with van der Waals surface area (Å²) >= 11 is 0. The molecule has 118 valence electrons. The molecule has 0 aromatic carbocycles. The Bertz CT molecular complexity index is 499. The molecule has 1 rings (SSSR count). The third-order valence-corrected chi connectivity index (χ3v) is 3.55. The average molecular weight is 293 g/mol. The molecule has 0 spiro atoms. The summed E-state index contributed by atoms with van der Waals surface area (Å²) < 4.78 is 0. The van der Waals surface area contributed by atoms with E-state index >= 15 is 0 Å². The maximum atomic E-state index is 9.14. The smallest absolute Gasteiger partial charge is 0.174 e. The summed E-state index contributed by atoms with van der Waals surface area (Å²) in [5.74, 6) is 0.810. The Morgan fingerprint density at radius 3 is 2.33 bits per heavy atom. The summed E-state index contributed by atoms with van der Waals surface area (Å²) in [6, 6.07) is 0.265. The van der Waals surface area contributed by atoms with Crippen molar-refractivity contribution in [1.29, 1.82) is 0 Å². The molecule has 6 nitrogen and oxygen atoms in total. The van der Waals surface area contributed by atoms with Gasteiger partial charge in [0.05, 0.1) is 11.3 Å². The van der Waals surface area contributed by atoms with Gasteiger partial charge < -0.3 is 15.8 Å². The minimum absolute atomic E-state index is 0.105. The third kappa shape index (κ3) is 3.62. The van der Waals surface area contributed by atoms with Gasteiger partial charge in [0.15, 0.2) is 11.7 Å². The van der Waals surface area contributed by atoms with E-state index in [1.807, 2.05) is 13.8 Å². The first kappa shape index (κ1) is 17.2. The van der Waals surface area contributed by atoms with Crippen LogP contribution in [0.15, 0.2) is 5.16 Å². The summed E-state index contributed by atoms with van der Waals surface area (Å²) in [6.07, 6.45) is 2.54. The number of oxime groups is 1. The van der Waals surface area contributed by atoms with Gasteiger partial charge >= 0.3 is 0 Å². The Morgan fingerprint density at radius 2 is 1.90 bits per heavy atom. The van der Waals surface area contributed by atoms with E-state index in [1.165, 1.54) is 0 Å². The number of hydrogen-bond donors (Lipinski definition) is 2. The minimum Gasteiger partial charge on any atom is -0.409 e. The molecule has 0 radical (unpaired) electrons. The van der Waals surface area contributed by atoms with Gasteiger partial charge in [-0.1, -0.05) is 25.9 Å². The van der Waals surface area contributed by atoms with Gasteiger partial charge in [0.25, 0.3) is 0 Å². The molecule has 1 aromatic rings. The Labute approximate surface area is 127 Å². The van der Waals surface area contributed by atoms with Crippen LogP contribution in [-0.2, 0) is 12.8 Å². The standard InChI is InChI=1S/C15H27N5O/c1-6-9-20(10(4)5)15-13(14(16)19-21)11(7-2)12(8-3)17-18-15/h10,21H,6-9H2,1-5H3,(H2,16,19). The highest BCUT2D eigenvalue weighted by atomic mass is 16.4. The zero-order valence-corrected chi connectivity index (χ0v) is 13.7. The average Bonchev–Trinajstić information content (AvgIpc) is 2.49. The molecule has 0 unspecified atom stereocenters. The van der Waals surface area contributed by atoms with Crippen LogP contribution < -0.4 is 10.6 Å². The fraction of sp³-hybridized carbons (Fsp3) is 0.667. The van der Waals surface area contributed by atoms with Crippen LogP contribution in [0.25, 0.3) is 0 Å². The highest BCUT2D eigenvalue weighted by Gasteiger charge is 2.23. The highest BCUT2D eigenvalue weighted by molar-refractivity contribution is 6.03. The van der Waals surface area contributed by atoms with Crippen molar-refractivity contribution < 1.29 is 5.21 Å². The molecular formula is C15H27N5O. The summed E-state index contributed by atoms with van der Waals surface area (Å²) in [7, 11) is 0. The summed E-state index contributed by atoms with van der Waals surface area (Å²) in [6.45, 7) is 11.3. The van der Waals surface area contributed by atoms with E-state index in [0.717, 1.165) is 37.1 Å². The van der Waals surface area contributed by atoms with E-state index in [2.05, 4.69) is 41.0 Å². The predicted molar refractivity (Wildman–Crippen MR) is 86.1 cm³/mol. The van der Waals surface area contributed by atoms with Crippen LogP contribution in [-0.4, -0.2) is 33.8 Å². The number of hydrogen-bond acceptors (Lipinski definition) is 5. The van der Waals surface area contributed by atoms with E-state index < -0.39 is 0 Å². The van der Waals surface area contributed by atoms with Gasteiger partial charge in [0, 0.05) is 12.6 Å². The zero-order chi connectivity index (χ0) is 16.0.